The molecule has 152 valence electrons. The van der Waals surface area contributed by atoms with Gasteiger partial charge in [0.15, 0.2) is 35.4 Å². The first-order valence-electron chi connectivity index (χ1n) is 10.00. The summed E-state index contributed by atoms with van der Waals surface area (Å²) in [6.45, 7) is 7.84. The van der Waals surface area contributed by atoms with Crippen LogP contribution in [-0.4, -0.2) is 26.4 Å². The molecule has 0 atom stereocenters. The van der Waals surface area contributed by atoms with Crippen molar-refractivity contribution in [2.24, 2.45) is 5.92 Å². The van der Waals surface area contributed by atoms with Crippen molar-refractivity contribution < 1.29 is 23.5 Å². The van der Waals surface area contributed by atoms with E-state index in [1.54, 1.807) is 22.7 Å². The summed E-state index contributed by atoms with van der Waals surface area (Å²) >= 11 is 3.33. The summed E-state index contributed by atoms with van der Waals surface area (Å²) in [5, 5.41) is 2.01. The number of pyridine rings is 1. The van der Waals surface area contributed by atoms with Crippen LogP contribution < -0.4 is 23.5 Å². The van der Waals surface area contributed by atoms with Crippen LogP contribution in [-0.2, 0) is 6.54 Å². The van der Waals surface area contributed by atoms with Crippen molar-refractivity contribution in [3.8, 4) is 43.2 Å². The Morgan fingerprint density at radius 3 is 2.24 bits per heavy atom. The highest BCUT2D eigenvalue weighted by molar-refractivity contribution is 7.24. The molecule has 2 aliphatic heterocycles. The number of hydrogen-bond donors (Lipinski definition) is 0. The number of aryl methyl sites for hydroxylation is 1. The van der Waals surface area contributed by atoms with E-state index < -0.39 is 0 Å². The zero-order valence-corrected chi connectivity index (χ0v) is 18.2. The summed E-state index contributed by atoms with van der Waals surface area (Å²) in [5.41, 5.74) is 1.14. The van der Waals surface area contributed by atoms with Gasteiger partial charge in [0.2, 0.25) is 0 Å². The first kappa shape index (κ1) is 18.8. The minimum Gasteiger partial charge on any atom is -0.485 e. The predicted molar refractivity (Wildman–Crippen MR) is 115 cm³/mol. The van der Waals surface area contributed by atoms with Gasteiger partial charge in [0, 0.05) is 29.5 Å². The number of ether oxygens (including phenoxy) is 4. The summed E-state index contributed by atoms with van der Waals surface area (Å²) in [6, 6.07) is 4.33. The summed E-state index contributed by atoms with van der Waals surface area (Å²) in [4.78, 5) is 3.22. The molecule has 5 nitrogen and oxygen atoms in total. The van der Waals surface area contributed by atoms with Crippen LogP contribution in [0.1, 0.15) is 20.3 Å². The summed E-state index contributed by atoms with van der Waals surface area (Å²) < 4.78 is 26.0. The van der Waals surface area contributed by atoms with Crippen molar-refractivity contribution in [3.05, 3.63) is 29.9 Å². The molecule has 0 aromatic carbocycles. The van der Waals surface area contributed by atoms with Gasteiger partial charge in [-0.15, -0.1) is 22.7 Å². The van der Waals surface area contributed by atoms with Crippen molar-refractivity contribution >= 4 is 22.7 Å². The molecule has 0 aliphatic carbocycles. The lowest BCUT2D eigenvalue weighted by Crippen LogP contribution is -2.33. The normalized spacial score (nSPS) is 15.0. The van der Waals surface area contributed by atoms with Crippen LogP contribution in [0, 0.1) is 5.92 Å². The lowest BCUT2D eigenvalue weighted by atomic mass is 10.1. The minimum absolute atomic E-state index is 0.561. The lowest BCUT2D eigenvalue weighted by molar-refractivity contribution is -0.697. The first-order chi connectivity index (χ1) is 14.2. The van der Waals surface area contributed by atoms with Crippen LogP contribution in [0.15, 0.2) is 29.9 Å². The van der Waals surface area contributed by atoms with Crippen LogP contribution in [0.5, 0.6) is 23.0 Å². The number of fused-ring (bicyclic) bond motifs is 2. The molecule has 0 N–H and O–H groups in total. The Morgan fingerprint density at radius 1 is 0.862 bits per heavy atom. The van der Waals surface area contributed by atoms with Gasteiger partial charge in [0.25, 0.3) is 0 Å². The van der Waals surface area contributed by atoms with Gasteiger partial charge >= 0.3 is 0 Å². The maximum Gasteiger partial charge on any atom is 0.181 e. The van der Waals surface area contributed by atoms with Gasteiger partial charge in [-0.1, -0.05) is 13.8 Å². The highest BCUT2D eigenvalue weighted by Crippen LogP contribution is 2.58. The van der Waals surface area contributed by atoms with Crippen molar-refractivity contribution in [2.45, 2.75) is 26.8 Å². The summed E-state index contributed by atoms with van der Waals surface area (Å²) in [7, 11) is 0. The molecule has 0 unspecified atom stereocenters. The Kier molecular flexibility index (Phi) is 5.09. The van der Waals surface area contributed by atoms with Crippen LogP contribution in [0.4, 0.5) is 0 Å². The number of aromatic nitrogens is 1. The monoisotopic (exact) mass is 430 g/mol. The molecule has 2 aliphatic rings. The maximum absolute atomic E-state index is 6.05. The number of hydrogen-bond acceptors (Lipinski definition) is 6. The fraction of sp³-hybridized carbons (Fsp3) is 0.409. The van der Waals surface area contributed by atoms with Gasteiger partial charge in [-0.25, -0.2) is 4.57 Å². The highest BCUT2D eigenvalue weighted by atomic mass is 32.1. The molecule has 0 saturated carbocycles. The second kappa shape index (κ2) is 7.88. The van der Waals surface area contributed by atoms with Gasteiger partial charge in [0.05, 0.1) is 14.6 Å². The molecule has 7 heteroatoms. The summed E-state index contributed by atoms with van der Waals surface area (Å²) in [6.07, 6.45) is 5.47. The molecule has 0 fully saturated rings. The average Bonchev–Trinajstić information content (AvgIpc) is 3.34. The van der Waals surface area contributed by atoms with E-state index in [-0.39, 0.29) is 0 Å². The lowest BCUT2D eigenvalue weighted by Gasteiger charge is -2.18. The Hall–Kier alpha value is -2.25. The fourth-order valence-corrected chi connectivity index (χ4v) is 5.74. The molecule has 0 bridgehead atoms. The number of nitrogens with zero attached hydrogens (tertiary/aromatic N) is 1. The maximum atomic E-state index is 6.05. The van der Waals surface area contributed by atoms with Gasteiger partial charge in [-0.2, -0.15) is 0 Å². The third-order valence-electron chi connectivity index (χ3n) is 5.02. The van der Waals surface area contributed by atoms with Crippen molar-refractivity contribution in [1.82, 2.24) is 0 Å². The molecular formula is C22H24NO4S2+. The molecule has 0 amide bonds. The molecule has 29 heavy (non-hydrogen) atoms. The van der Waals surface area contributed by atoms with E-state index in [1.807, 2.05) is 5.38 Å². The van der Waals surface area contributed by atoms with E-state index in [1.165, 1.54) is 6.42 Å². The van der Waals surface area contributed by atoms with E-state index in [4.69, 9.17) is 18.9 Å². The second-order valence-corrected chi connectivity index (χ2v) is 9.48. The van der Waals surface area contributed by atoms with E-state index in [9.17, 15) is 0 Å². The van der Waals surface area contributed by atoms with Crippen LogP contribution in [0.25, 0.3) is 20.2 Å². The SMILES string of the molecule is CC(C)CC[n+]1ccc(-c2sc(-c3scc4c3OCCO4)c3c2OCCO3)cc1. The standard InChI is InChI=1S/C22H24NO4S2/c1-14(2)3-6-23-7-4-15(5-8-23)20-18-19(27-12-11-26-18)22(29-20)21-17-16(13-28-21)24-9-10-25-17/h4-5,7-8,13-14H,3,6,9-12H2,1-2H3/q+1. The molecule has 0 saturated heterocycles. The molecule has 0 radical (unpaired) electrons. The van der Waals surface area contributed by atoms with Crippen molar-refractivity contribution in [2.75, 3.05) is 26.4 Å². The van der Waals surface area contributed by atoms with Gasteiger partial charge in [0.1, 0.15) is 33.0 Å². The number of thiophene rings is 2. The third kappa shape index (κ3) is 3.57. The second-order valence-electron chi connectivity index (χ2n) is 7.58. The smallest absolute Gasteiger partial charge is 0.181 e. The quantitative estimate of drug-likeness (QED) is 0.533. The third-order valence-corrected chi connectivity index (χ3v) is 7.33. The van der Waals surface area contributed by atoms with Crippen LogP contribution >= 0.6 is 22.7 Å². The van der Waals surface area contributed by atoms with Crippen molar-refractivity contribution in [1.29, 1.82) is 0 Å². The van der Waals surface area contributed by atoms with E-state index in [0.717, 1.165) is 49.7 Å². The van der Waals surface area contributed by atoms with Crippen LogP contribution in [0.2, 0.25) is 0 Å². The average molecular weight is 431 g/mol. The summed E-state index contributed by atoms with van der Waals surface area (Å²) in [5.74, 6) is 4.01. The Balaban J connectivity index is 1.52. The minimum atomic E-state index is 0.561. The zero-order valence-electron chi connectivity index (χ0n) is 16.6. The van der Waals surface area contributed by atoms with Gasteiger partial charge in [-0.05, 0) is 5.92 Å². The Bertz CT molecular complexity index is 1010. The molecule has 3 aromatic heterocycles. The molecule has 5 rings (SSSR count). The van der Waals surface area contributed by atoms with E-state index in [2.05, 4.69) is 42.9 Å². The topological polar surface area (TPSA) is 40.8 Å². The fourth-order valence-electron chi connectivity index (χ4n) is 3.47. The molecular weight excluding hydrogens is 406 g/mol. The number of rotatable bonds is 5. The Morgan fingerprint density at radius 2 is 1.52 bits per heavy atom. The van der Waals surface area contributed by atoms with Gasteiger partial charge in [-0.3, -0.25) is 0 Å². The first-order valence-corrected chi connectivity index (χ1v) is 11.7. The highest BCUT2D eigenvalue weighted by Gasteiger charge is 2.31. The van der Waals surface area contributed by atoms with Gasteiger partial charge < -0.3 is 18.9 Å². The predicted octanol–water partition coefficient (Wildman–Crippen LogP) is 5.02. The van der Waals surface area contributed by atoms with E-state index >= 15 is 0 Å². The molecule has 3 aromatic rings. The van der Waals surface area contributed by atoms with Crippen molar-refractivity contribution in [3.63, 3.8) is 0 Å². The Labute approximate surface area is 178 Å². The van der Waals surface area contributed by atoms with Crippen LogP contribution in [0.3, 0.4) is 0 Å². The zero-order chi connectivity index (χ0) is 19.8. The molecule has 0 spiro atoms. The van der Waals surface area contributed by atoms with E-state index in [0.29, 0.717) is 32.3 Å². The molecule has 5 heterocycles. The largest absolute Gasteiger partial charge is 0.485 e.